The van der Waals surface area contributed by atoms with Crippen LogP contribution in [-0.2, 0) is 6.42 Å². The molecule has 20 heavy (non-hydrogen) atoms. The number of fused-ring (bicyclic) bond motifs is 1. The maximum Gasteiger partial charge on any atom is 0.259 e. The van der Waals surface area contributed by atoms with Gasteiger partial charge in [0.25, 0.3) is 5.91 Å². The highest BCUT2D eigenvalue weighted by atomic mass is 35.5. The summed E-state index contributed by atoms with van der Waals surface area (Å²) in [6, 6.07) is 9.25. The first-order valence-electron chi connectivity index (χ1n) is 6.21. The van der Waals surface area contributed by atoms with Crippen LogP contribution in [0.5, 0.6) is 0 Å². The standard InChI is InChI=1S/C15H12ClFN2O/c16-13-8-10(17)1-3-12(13)15(20)19-6-5-9-7-11(18)2-4-14(9)19/h1-4,7-8H,5-6,18H2. The number of hydrogen-bond acceptors (Lipinski definition) is 2. The van der Waals surface area contributed by atoms with Gasteiger partial charge in [0.1, 0.15) is 5.82 Å². The molecule has 0 bridgehead atoms. The first kappa shape index (κ1) is 12.9. The molecule has 0 saturated heterocycles. The molecular weight excluding hydrogens is 279 g/mol. The van der Waals surface area contributed by atoms with E-state index in [1.807, 2.05) is 12.1 Å². The number of halogens is 2. The minimum Gasteiger partial charge on any atom is -0.399 e. The molecule has 3 nitrogen and oxygen atoms in total. The summed E-state index contributed by atoms with van der Waals surface area (Å²) in [5.74, 6) is -0.681. The molecular formula is C15H12ClFN2O. The molecule has 2 N–H and O–H groups in total. The number of anilines is 2. The Kier molecular flexibility index (Phi) is 3.10. The van der Waals surface area contributed by atoms with Crippen LogP contribution in [0.3, 0.4) is 0 Å². The molecule has 0 spiro atoms. The van der Waals surface area contributed by atoms with E-state index in [2.05, 4.69) is 0 Å². The summed E-state index contributed by atoms with van der Waals surface area (Å²) in [6.45, 7) is 0.575. The van der Waals surface area contributed by atoms with Crippen LogP contribution >= 0.6 is 11.6 Å². The molecule has 0 aromatic heterocycles. The molecule has 3 rings (SSSR count). The van der Waals surface area contributed by atoms with E-state index in [0.717, 1.165) is 23.7 Å². The Bertz CT molecular complexity index is 702. The van der Waals surface area contributed by atoms with Crippen LogP contribution in [0.2, 0.25) is 5.02 Å². The summed E-state index contributed by atoms with van der Waals surface area (Å²) in [4.78, 5) is 14.2. The minimum absolute atomic E-state index is 0.124. The Morgan fingerprint density at radius 3 is 2.80 bits per heavy atom. The third-order valence-electron chi connectivity index (χ3n) is 3.41. The fourth-order valence-electron chi connectivity index (χ4n) is 2.44. The molecule has 0 radical (unpaired) electrons. The summed E-state index contributed by atoms with van der Waals surface area (Å²) in [7, 11) is 0. The Balaban J connectivity index is 1.97. The largest absolute Gasteiger partial charge is 0.399 e. The van der Waals surface area contributed by atoms with Crippen molar-refractivity contribution in [3.05, 3.63) is 58.4 Å². The van der Waals surface area contributed by atoms with Gasteiger partial charge in [0.2, 0.25) is 0 Å². The fraction of sp³-hybridized carbons (Fsp3) is 0.133. The average Bonchev–Trinajstić information content (AvgIpc) is 2.80. The van der Waals surface area contributed by atoms with Gasteiger partial charge in [-0.15, -0.1) is 0 Å². The molecule has 1 amide bonds. The zero-order valence-corrected chi connectivity index (χ0v) is 11.3. The van der Waals surface area contributed by atoms with Crippen molar-refractivity contribution in [3.8, 4) is 0 Å². The molecule has 0 fully saturated rings. The van der Waals surface area contributed by atoms with E-state index in [4.69, 9.17) is 17.3 Å². The SMILES string of the molecule is Nc1ccc2c(c1)CCN2C(=O)c1ccc(F)cc1Cl. The maximum atomic E-state index is 13.0. The number of nitrogens with two attached hydrogens (primary N) is 1. The number of hydrogen-bond donors (Lipinski definition) is 1. The second kappa shape index (κ2) is 4.80. The number of rotatable bonds is 1. The van der Waals surface area contributed by atoms with Crippen molar-refractivity contribution in [1.82, 2.24) is 0 Å². The van der Waals surface area contributed by atoms with Crippen LogP contribution in [-0.4, -0.2) is 12.5 Å². The second-order valence-electron chi connectivity index (χ2n) is 4.72. The van der Waals surface area contributed by atoms with Crippen molar-refractivity contribution in [2.75, 3.05) is 17.2 Å². The molecule has 1 aliphatic rings. The van der Waals surface area contributed by atoms with E-state index in [-0.39, 0.29) is 10.9 Å². The zero-order chi connectivity index (χ0) is 14.3. The lowest BCUT2D eigenvalue weighted by atomic mass is 10.1. The molecule has 1 aliphatic heterocycles. The van der Waals surface area contributed by atoms with Crippen molar-refractivity contribution in [1.29, 1.82) is 0 Å². The molecule has 5 heteroatoms. The van der Waals surface area contributed by atoms with Gasteiger partial charge in [-0.2, -0.15) is 0 Å². The van der Waals surface area contributed by atoms with Gasteiger partial charge in [-0.1, -0.05) is 11.6 Å². The van der Waals surface area contributed by atoms with Gasteiger partial charge < -0.3 is 10.6 Å². The van der Waals surface area contributed by atoms with Crippen molar-refractivity contribution < 1.29 is 9.18 Å². The summed E-state index contributed by atoms with van der Waals surface area (Å²) in [5, 5.41) is 0.124. The van der Waals surface area contributed by atoms with Gasteiger partial charge in [-0.3, -0.25) is 4.79 Å². The monoisotopic (exact) mass is 290 g/mol. The zero-order valence-electron chi connectivity index (χ0n) is 10.6. The highest BCUT2D eigenvalue weighted by Crippen LogP contribution is 2.32. The maximum absolute atomic E-state index is 13.0. The topological polar surface area (TPSA) is 46.3 Å². The Hall–Kier alpha value is -2.07. The normalized spacial score (nSPS) is 13.4. The Morgan fingerprint density at radius 1 is 1.25 bits per heavy atom. The second-order valence-corrected chi connectivity index (χ2v) is 5.13. The van der Waals surface area contributed by atoms with Crippen LogP contribution < -0.4 is 10.6 Å². The van der Waals surface area contributed by atoms with Crippen molar-refractivity contribution in [2.24, 2.45) is 0 Å². The van der Waals surface area contributed by atoms with E-state index in [9.17, 15) is 9.18 Å². The fourth-order valence-corrected chi connectivity index (χ4v) is 2.69. The number of carbonyl (C=O) groups is 1. The first-order chi connectivity index (χ1) is 9.56. The van der Waals surface area contributed by atoms with Gasteiger partial charge in [0, 0.05) is 17.9 Å². The molecule has 102 valence electrons. The predicted molar refractivity (Wildman–Crippen MR) is 77.6 cm³/mol. The van der Waals surface area contributed by atoms with E-state index in [1.54, 1.807) is 11.0 Å². The summed E-state index contributed by atoms with van der Waals surface area (Å²) in [6.07, 6.45) is 0.755. The molecule has 1 heterocycles. The van der Waals surface area contributed by atoms with Gasteiger partial charge in [0.05, 0.1) is 10.6 Å². The lowest BCUT2D eigenvalue weighted by Crippen LogP contribution is -2.29. The predicted octanol–water partition coefficient (Wildman–Crippen LogP) is 3.26. The number of carbonyl (C=O) groups excluding carboxylic acids is 1. The lowest BCUT2D eigenvalue weighted by Gasteiger charge is -2.18. The van der Waals surface area contributed by atoms with Crippen molar-refractivity contribution in [3.63, 3.8) is 0 Å². The van der Waals surface area contributed by atoms with Gasteiger partial charge in [-0.25, -0.2) is 4.39 Å². The molecule has 0 saturated carbocycles. The van der Waals surface area contributed by atoms with Crippen LogP contribution in [0.25, 0.3) is 0 Å². The van der Waals surface area contributed by atoms with E-state index >= 15 is 0 Å². The van der Waals surface area contributed by atoms with Crippen molar-refractivity contribution >= 4 is 28.9 Å². The average molecular weight is 291 g/mol. The van der Waals surface area contributed by atoms with Gasteiger partial charge in [0.15, 0.2) is 0 Å². The van der Waals surface area contributed by atoms with Crippen molar-refractivity contribution in [2.45, 2.75) is 6.42 Å². The summed E-state index contributed by atoms with van der Waals surface area (Å²) in [5.41, 5.74) is 8.60. The quantitative estimate of drug-likeness (QED) is 0.819. The van der Waals surface area contributed by atoms with Gasteiger partial charge in [-0.05, 0) is 48.4 Å². The Labute approximate surface area is 120 Å². The smallest absolute Gasteiger partial charge is 0.259 e. The number of benzene rings is 2. The third-order valence-corrected chi connectivity index (χ3v) is 3.72. The van der Waals surface area contributed by atoms with Crippen LogP contribution in [0.4, 0.5) is 15.8 Å². The van der Waals surface area contributed by atoms with E-state index in [0.29, 0.717) is 17.8 Å². The Morgan fingerprint density at radius 2 is 2.05 bits per heavy atom. The van der Waals surface area contributed by atoms with Crippen LogP contribution in [0, 0.1) is 5.82 Å². The number of nitrogens with zero attached hydrogens (tertiary/aromatic N) is 1. The lowest BCUT2D eigenvalue weighted by molar-refractivity contribution is 0.0989. The van der Waals surface area contributed by atoms with Crippen LogP contribution in [0.1, 0.15) is 15.9 Å². The highest BCUT2D eigenvalue weighted by molar-refractivity contribution is 6.34. The van der Waals surface area contributed by atoms with Crippen LogP contribution in [0.15, 0.2) is 36.4 Å². The van der Waals surface area contributed by atoms with E-state index < -0.39 is 5.82 Å². The van der Waals surface area contributed by atoms with Gasteiger partial charge >= 0.3 is 0 Å². The third kappa shape index (κ3) is 2.12. The van der Waals surface area contributed by atoms with E-state index in [1.165, 1.54) is 12.1 Å². The molecule has 2 aromatic rings. The number of amides is 1. The molecule has 0 aliphatic carbocycles. The number of nitrogen functional groups attached to an aromatic ring is 1. The first-order valence-corrected chi connectivity index (χ1v) is 6.59. The minimum atomic E-state index is -0.457. The molecule has 0 atom stereocenters. The molecule has 2 aromatic carbocycles. The summed E-state index contributed by atoms with van der Waals surface area (Å²) >= 11 is 5.95. The molecule has 0 unspecified atom stereocenters. The summed E-state index contributed by atoms with van der Waals surface area (Å²) < 4.78 is 13.0. The highest BCUT2D eigenvalue weighted by Gasteiger charge is 2.26.